The summed E-state index contributed by atoms with van der Waals surface area (Å²) in [6.45, 7) is 10.3. The molecular weight excluding hydrogens is 662 g/mol. The number of hydrogen-bond acceptors (Lipinski definition) is 11. The van der Waals surface area contributed by atoms with E-state index in [-0.39, 0.29) is 127 Å². The molecule has 0 bridgehead atoms. The average molecular weight is 734 g/mol. The minimum Gasteiger partial charge on any atom is -0.466 e. The lowest BCUT2D eigenvalue weighted by Crippen LogP contribution is -2.63. The van der Waals surface area contributed by atoms with Crippen molar-refractivity contribution in [3.05, 3.63) is 0 Å². The molecule has 4 aliphatic carbocycles. The molecule has 52 heavy (non-hydrogen) atoms. The Morgan fingerprint density at radius 2 is 1.35 bits per heavy atom. The normalized spacial score (nSPS) is 34.3. The fourth-order valence-electron chi connectivity index (χ4n) is 11.2. The Labute approximate surface area is 312 Å². The Hall–Kier alpha value is -2.24. The highest BCUT2D eigenvalue weighted by Gasteiger charge is 2.67. The smallest absolute Gasteiger partial charge is 0.307 e. The molecule has 298 valence electrons. The molecule has 0 saturated heterocycles. The van der Waals surface area contributed by atoms with Gasteiger partial charge in [-0.2, -0.15) is 0 Å². The molecule has 6 unspecified atom stereocenters. The fraction of sp³-hybridized carbons (Fsp3) is 0.902. The summed E-state index contributed by atoms with van der Waals surface area (Å²) in [5.41, 5.74) is 16.7. The van der Waals surface area contributed by atoms with Gasteiger partial charge in [0.25, 0.3) is 0 Å². The highest BCUT2D eigenvalue weighted by Crippen LogP contribution is 2.69. The predicted octanol–water partition coefficient (Wildman–Crippen LogP) is 5.97. The van der Waals surface area contributed by atoms with Gasteiger partial charge in [-0.1, -0.05) is 59.8 Å². The number of carbonyl (C=O) groups excluding carboxylic acids is 4. The summed E-state index contributed by atoms with van der Waals surface area (Å²) in [5, 5.41) is 0. The number of esters is 4. The van der Waals surface area contributed by atoms with Crippen molar-refractivity contribution in [3.8, 4) is 0 Å². The number of unbranched alkanes of at least 4 members (excludes halogenated alkanes) is 5. The molecule has 11 nitrogen and oxygen atoms in total. The summed E-state index contributed by atoms with van der Waals surface area (Å²) < 4.78 is 24.3. The van der Waals surface area contributed by atoms with Gasteiger partial charge in [0.05, 0.1) is 25.9 Å². The minimum absolute atomic E-state index is 0.0910. The Kier molecular flexibility index (Phi) is 16.3. The van der Waals surface area contributed by atoms with Gasteiger partial charge in [0.15, 0.2) is 0 Å². The number of ether oxygens (including phenoxy) is 4. The summed E-state index contributed by atoms with van der Waals surface area (Å²) in [5.74, 6) is -0.00360. The topological polar surface area (TPSA) is 183 Å². The number of rotatable bonds is 20. The molecule has 6 N–H and O–H groups in total. The van der Waals surface area contributed by atoms with E-state index < -0.39 is 0 Å². The summed E-state index contributed by atoms with van der Waals surface area (Å²) in [7, 11) is 0. The standard InChI is InChI=1S/C41H71N3O8/c1-5-6-7-8-9-10-23-49-35(45)14-11-27(2)30-12-13-31-39-32(26-34(41(30,31)4)52-38(48)18-22-44)40(3)19-15-29(50-36(46)16-20-42)24-28(40)25-33(39)51-37(47)17-21-43/h27-34,39H,5-26,42-44H2,1-4H3/t27-,28?,29-,30?,31+,32+,33-,34?,39?,40?,41?/m1/s1. The van der Waals surface area contributed by atoms with Crippen molar-refractivity contribution in [2.45, 2.75) is 162 Å². The Bertz CT molecular complexity index is 1180. The van der Waals surface area contributed by atoms with E-state index in [0.717, 1.165) is 38.5 Å². The first-order chi connectivity index (χ1) is 24.9. The van der Waals surface area contributed by atoms with Gasteiger partial charge >= 0.3 is 23.9 Å². The third kappa shape index (κ3) is 10.1. The lowest BCUT2D eigenvalue weighted by atomic mass is 9.43. The van der Waals surface area contributed by atoms with E-state index in [1.807, 2.05) is 0 Å². The monoisotopic (exact) mass is 734 g/mol. The van der Waals surface area contributed by atoms with Gasteiger partial charge in [0.1, 0.15) is 18.3 Å². The molecule has 4 aliphatic rings. The lowest BCUT2D eigenvalue weighted by Gasteiger charge is -2.64. The molecule has 4 saturated carbocycles. The maximum atomic E-state index is 13.2. The molecule has 11 atom stereocenters. The van der Waals surface area contributed by atoms with E-state index in [4.69, 9.17) is 36.1 Å². The van der Waals surface area contributed by atoms with E-state index in [0.29, 0.717) is 38.7 Å². The zero-order valence-electron chi connectivity index (χ0n) is 32.8. The molecule has 0 aromatic rings. The molecule has 4 rings (SSSR count). The van der Waals surface area contributed by atoms with Crippen molar-refractivity contribution in [1.82, 2.24) is 0 Å². The molecular formula is C41H71N3O8. The van der Waals surface area contributed by atoms with Crippen LogP contribution in [0.15, 0.2) is 0 Å². The Morgan fingerprint density at radius 3 is 2.02 bits per heavy atom. The predicted molar refractivity (Wildman–Crippen MR) is 199 cm³/mol. The van der Waals surface area contributed by atoms with E-state index in [9.17, 15) is 19.2 Å². The van der Waals surface area contributed by atoms with Crippen LogP contribution in [0.5, 0.6) is 0 Å². The molecule has 0 heterocycles. The molecule has 0 aliphatic heterocycles. The second-order valence-electron chi connectivity index (χ2n) is 17.0. The molecule has 11 heteroatoms. The van der Waals surface area contributed by atoms with E-state index >= 15 is 0 Å². The Balaban J connectivity index is 1.56. The van der Waals surface area contributed by atoms with Gasteiger partial charge in [-0.15, -0.1) is 0 Å². The van der Waals surface area contributed by atoms with Gasteiger partial charge in [-0.05, 0) is 92.8 Å². The zero-order valence-corrected chi connectivity index (χ0v) is 32.8. The van der Waals surface area contributed by atoms with Crippen LogP contribution in [0, 0.1) is 46.3 Å². The molecule has 0 amide bonds. The van der Waals surface area contributed by atoms with Gasteiger partial charge in [0.2, 0.25) is 0 Å². The third-order valence-corrected chi connectivity index (χ3v) is 13.9. The first kappa shape index (κ1) is 42.5. The SMILES string of the molecule is CCCCCCCCOC(=O)CC[C@@H](C)C1CC[C@H]2C3[C@H](OC(=O)CCN)CC4C[C@H](OC(=O)CCN)CCC4(C)[C@H]3CC(OC(=O)CCN)C12C. The fourth-order valence-corrected chi connectivity index (χ4v) is 11.2. The van der Waals surface area contributed by atoms with Crippen LogP contribution in [-0.2, 0) is 38.1 Å². The lowest BCUT2D eigenvalue weighted by molar-refractivity contribution is -0.225. The van der Waals surface area contributed by atoms with Crippen LogP contribution in [-0.4, -0.2) is 68.4 Å². The van der Waals surface area contributed by atoms with Gasteiger partial charge < -0.3 is 36.1 Å². The van der Waals surface area contributed by atoms with Gasteiger partial charge in [0, 0.05) is 37.4 Å². The molecule has 4 fully saturated rings. The second-order valence-corrected chi connectivity index (χ2v) is 17.0. The maximum absolute atomic E-state index is 13.2. The van der Waals surface area contributed by atoms with Crippen LogP contribution in [0.3, 0.4) is 0 Å². The number of hydrogen-bond donors (Lipinski definition) is 3. The second kappa shape index (κ2) is 19.9. The largest absolute Gasteiger partial charge is 0.466 e. The van der Waals surface area contributed by atoms with Crippen molar-refractivity contribution < 1.29 is 38.1 Å². The van der Waals surface area contributed by atoms with Crippen molar-refractivity contribution in [2.24, 2.45) is 63.5 Å². The van der Waals surface area contributed by atoms with Crippen LogP contribution < -0.4 is 17.2 Å². The first-order valence-electron chi connectivity index (χ1n) is 20.8. The first-order valence-corrected chi connectivity index (χ1v) is 20.8. The van der Waals surface area contributed by atoms with Crippen molar-refractivity contribution >= 4 is 23.9 Å². The van der Waals surface area contributed by atoms with Crippen LogP contribution in [0.25, 0.3) is 0 Å². The minimum atomic E-state index is -0.371. The maximum Gasteiger partial charge on any atom is 0.307 e. The van der Waals surface area contributed by atoms with E-state index in [1.54, 1.807) is 0 Å². The molecule has 0 radical (unpaired) electrons. The highest BCUT2D eigenvalue weighted by molar-refractivity contribution is 5.71. The summed E-state index contributed by atoms with van der Waals surface area (Å²) >= 11 is 0. The van der Waals surface area contributed by atoms with Crippen molar-refractivity contribution in [1.29, 1.82) is 0 Å². The quantitative estimate of drug-likeness (QED) is 0.0762. The highest BCUT2D eigenvalue weighted by atomic mass is 16.6. The number of carbonyl (C=O) groups is 4. The van der Waals surface area contributed by atoms with E-state index in [2.05, 4.69) is 27.7 Å². The van der Waals surface area contributed by atoms with Gasteiger partial charge in [-0.25, -0.2) is 0 Å². The van der Waals surface area contributed by atoms with Crippen LogP contribution in [0.2, 0.25) is 0 Å². The molecule has 0 spiro atoms. The average Bonchev–Trinajstić information content (AvgIpc) is 3.46. The number of nitrogens with two attached hydrogens (primary N) is 3. The summed E-state index contributed by atoms with van der Waals surface area (Å²) in [4.78, 5) is 51.6. The van der Waals surface area contributed by atoms with Gasteiger partial charge in [-0.3, -0.25) is 19.2 Å². The summed E-state index contributed by atoms with van der Waals surface area (Å²) in [6.07, 6.45) is 13.2. The third-order valence-electron chi connectivity index (χ3n) is 13.9. The molecule has 0 aromatic heterocycles. The van der Waals surface area contributed by atoms with E-state index in [1.165, 1.54) is 25.7 Å². The summed E-state index contributed by atoms with van der Waals surface area (Å²) in [6, 6.07) is 0. The zero-order chi connectivity index (χ0) is 37.9. The van der Waals surface area contributed by atoms with Crippen LogP contribution >= 0.6 is 0 Å². The Morgan fingerprint density at radius 1 is 0.712 bits per heavy atom. The molecule has 0 aromatic carbocycles. The van der Waals surface area contributed by atoms with Crippen molar-refractivity contribution in [2.75, 3.05) is 26.2 Å². The van der Waals surface area contributed by atoms with Crippen molar-refractivity contribution in [3.63, 3.8) is 0 Å². The van der Waals surface area contributed by atoms with Crippen LogP contribution in [0.4, 0.5) is 0 Å². The number of fused-ring (bicyclic) bond motifs is 5. The van der Waals surface area contributed by atoms with Crippen LogP contribution in [0.1, 0.15) is 143 Å².